The Bertz CT molecular complexity index is 1380. The molecule has 5 rings (SSSR count). The molecule has 8 heteroatoms. The highest BCUT2D eigenvalue weighted by Gasteiger charge is 2.40. The normalized spacial score (nSPS) is 14.9. The Morgan fingerprint density at radius 2 is 1.70 bits per heavy atom. The molecule has 0 spiro atoms. The molecule has 188 valence electrons. The minimum atomic E-state index is -1.03. The molecule has 1 aliphatic heterocycles. The summed E-state index contributed by atoms with van der Waals surface area (Å²) in [5.74, 6) is -1.14. The summed E-state index contributed by atoms with van der Waals surface area (Å²) < 4.78 is 8.12. The molecular formula is C29H26BrN3O4. The van der Waals surface area contributed by atoms with Crippen LogP contribution < -0.4 is 4.74 Å². The van der Waals surface area contributed by atoms with E-state index < -0.39 is 17.9 Å². The van der Waals surface area contributed by atoms with Crippen LogP contribution in [0.2, 0.25) is 0 Å². The van der Waals surface area contributed by atoms with Crippen molar-refractivity contribution in [1.82, 2.24) is 14.5 Å². The zero-order valence-electron chi connectivity index (χ0n) is 20.3. The number of fused-ring (bicyclic) bond motifs is 1. The molecule has 2 heterocycles. The maximum Gasteiger partial charge on any atom is 0.326 e. The van der Waals surface area contributed by atoms with Crippen molar-refractivity contribution in [3.05, 3.63) is 118 Å². The van der Waals surface area contributed by atoms with E-state index in [-0.39, 0.29) is 18.9 Å². The molecule has 1 atom stereocenters. The highest BCUT2D eigenvalue weighted by molar-refractivity contribution is 9.10. The van der Waals surface area contributed by atoms with Crippen molar-refractivity contribution in [3.8, 4) is 5.75 Å². The predicted octanol–water partition coefficient (Wildman–Crippen LogP) is 4.87. The van der Waals surface area contributed by atoms with Crippen LogP contribution in [0.1, 0.15) is 34.0 Å². The van der Waals surface area contributed by atoms with Gasteiger partial charge < -0.3 is 19.3 Å². The molecule has 0 bridgehead atoms. The fourth-order valence-electron chi connectivity index (χ4n) is 4.91. The number of hydrogen-bond acceptors (Lipinski definition) is 4. The third-order valence-electron chi connectivity index (χ3n) is 6.77. The van der Waals surface area contributed by atoms with Crippen LogP contribution in [0.5, 0.6) is 5.75 Å². The maximum absolute atomic E-state index is 14.0. The lowest BCUT2D eigenvalue weighted by Gasteiger charge is -2.35. The number of halogens is 1. The van der Waals surface area contributed by atoms with E-state index in [9.17, 15) is 14.7 Å². The van der Waals surface area contributed by atoms with Crippen molar-refractivity contribution in [2.24, 2.45) is 0 Å². The second-order valence-electron chi connectivity index (χ2n) is 9.01. The minimum absolute atomic E-state index is 0.139. The number of amides is 1. The van der Waals surface area contributed by atoms with E-state index in [1.165, 1.54) is 4.90 Å². The van der Waals surface area contributed by atoms with Gasteiger partial charge in [-0.05, 0) is 44.8 Å². The van der Waals surface area contributed by atoms with Gasteiger partial charge in [0.05, 0.1) is 36.1 Å². The van der Waals surface area contributed by atoms with E-state index in [0.717, 1.165) is 38.3 Å². The van der Waals surface area contributed by atoms with Crippen molar-refractivity contribution in [1.29, 1.82) is 0 Å². The lowest BCUT2D eigenvalue weighted by atomic mass is 9.88. The van der Waals surface area contributed by atoms with Crippen molar-refractivity contribution in [2.75, 3.05) is 7.11 Å². The van der Waals surface area contributed by atoms with Crippen LogP contribution in [-0.4, -0.2) is 44.6 Å². The summed E-state index contributed by atoms with van der Waals surface area (Å²) in [5, 5.41) is 10.2. The highest BCUT2D eigenvalue weighted by atomic mass is 79.9. The van der Waals surface area contributed by atoms with Crippen molar-refractivity contribution in [3.63, 3.8) is 0 Å². The zero-order valence-corrected chi connectivity index (χ0v) is 21.8. The van der Waals surface area contributed by atoms with Gasteiger partial charge in [0, 0.05) is 18.7 Å². The summed E-state index contributed by atoms with van der Waals surface area (Å²) in [6.45, 7) is 0.669. The van der Waals surface area contributed by atoms with E-state index >= 15 is 0 Å². The first-order valence-corrected chi connectivity index (χ1v) is 12.7. The fraction of sp³-hybridized carbons (Fsp3) is 0.207. The Kier molecular flexibility index (Phi) is 7.10. The summed E-state index contributed by atoms with van der Waals surface area (Å²) in [6.07, 6.45) is 1.91. The molecule has 0 saturated carbocycles. The van der Waals surface area contributed by atoms with Crippen LogP contribution in [0, 0.1) is 0 Å². The van der Waals surface area contributed by atoms with Gasteiger partial charge >= 0.3 is 5.97 Å². The first-order chi connectivity index (χ1) is 18.0. The first kappa shape index (κ1) is 24.8. The van der Waals surface area contributed by atoms with Crippen LogP contribution in [0.3, 0.4) is 0 Å². The number of hydrogen-bond donors (Lipinski definition) is 1. The Morgan fingerprint density at radius 3 is 2.27 bits per heavy atom. The molecule has 7 nitrogen and oxygen atoms in total. The lowest BCUT2D eigenvalue weighted by molar-refractivity contribution is -0.151. The highest BCUT2D eigenvalue weighted by Crippen LogP contribution is 2.32. The number of aromatic nitrogens is 2. The number of aliphatic carboxylic acids is 1. The van der Waals surface area contributed by atoms with E-state index in [0.29, 0.717) is 6.54 Å². The molecule has 4 aromatic rings. The molecule has 0 fully saturated rings. The third-order valence-corrected chi connectivity index (χ3v) is 7.39. The molecule has 0 saturated heterocycles. The van der Waals surface area contributed by atoms with Crippen LogP contribution >= 0.6 is 15.9 Å². The number of benzene rings is 3. The molecule has 0 radical (unpaired) electrons. The van der Waals surface area contributed by atoms with Gasteiger partial charge in [0.15, 0.2) is 0 Å². The summed E-state index contributed by atoms with van der Waals surface area (Å²) in [7, 11) is 1.62. The minimum Gasteiger partial charge on any atom is -0.496 e. The predicted molar refractivity (Wildman–Crippen MR) is 142 cm³/mol. The summed E-state index contributed by atoms with van der Waals surface area (Å²) in [6, 6.07) is 23.8. The average Bonchev–Trinajstić information content (AvgIpc) is 3.31. The van der Waals surface area contributed by atoms with Crippen molar-refractivity contribution < 1.29 is 19.4 Å². The van der Waals surface area contributed by atoms with Crippen molar-refractivity contribution in [2.45, 2.75) is 31.5 Å². The Labute approximate surface area is 223 Å². The number of imidazole rings is 1. The van der Waals surface area contributed by atoms with Gasteiger partial charge in [-0.2, -0.15) is 0 Å². The van der Waals surface area contributed by atoms with Gasteiger partial charge in [-0.1, -0.05) is 66.7 Å². The van der Waals surface area contributed by atoms with Gasteiger partial charge in [-0.15, -0.1) is 0 Å². The number of carboxylic acids is 1. The molecule has 1 aromatic heterocycles. The molecule has 1 N–H and O–H groups in total. The Balaban J connectivity index is 1.47. The number of carbonyl (C=O) groups is 2. The van der Waals surface area contributed by atoms with Crippen LogP contribution in [0.4, 0.5) is 0 Å². The molecule has 1 amide bonds. The van der Waals surface area contributed by atoms with E-state index in [1.54, 1.807) is 13.4 Å². The maximum atomic E-state index is 14.0. The standard InChI is InChI=1S/C29H26BrN3O4/c1-37-26-13-12-19(14-22(26)30)16-32-18-31-23-17-33(25(29(35)36)15-24(23)32)28(34)27(20-8-4-2-5-9-20)21-10-6-3-7-11-21/h2-14,18,25,27H,15-17H2,1H3,(H,35,36)/t25-/m0/s1. The molecule has 3 aromatic carbocycles. The van der Waals surface area contributed by atoms with Gasteiger partial charge in [0.2, 0.25) is 5.91 Å². The SMILES string of the molecule is COc1ccc(Cn2cnc3c2C[C@@H](C(=O)O)N(C(=O)C(c2ccccc2)c2ccccc2)C3)cc1Br. The van der Waals surface area contributed by atoms with E-state index in [4.69, 9.17) is 4.74 Å². The van der Waals surface area contributed by atoms with Gasteiger partial charge in [0.25, 0.3) is 0 Å². The number of methoxy groups -OCH3 is 1. The number of carbonyl (C=O) groups excluding carboxylic acids is 1. The Hall–Kier alpha value is -3.91. The molecule has 0 aliphatic carbocycles. The average molecular weight is 560 g/mol. The molecular weight excluding hydrogens is 534 g/mol. The third kappa shape index (κ3) is 5.02. The van der Waals surface area contributed by atoms with Crippen molar-refractivity contribution >= 4 is 27.8 Å². The topological polar surface area (TPSA) is 84.7 Å². The second kappa shape index (κ2) is 10.6. The van der Waals surface area contributed by atoms with Gasteiger partial charge in [-0.25, -0.2) is 9.78 Å². The number of nitrogens with zero attached hydrogens (tertiary/aromatic N) is 3. The van der Waals surface area contributed by atoms with E-state index in [2.05, 4.69) is 20.9 Å². The van der Waals surface area contributed by atoms with Crippen LogP contribution in [0.25, 0.3) is 0 Å². The zero-order chi connectivity index (χ0) is 25.9. The number of rotatable bonds is 7. The first-order valence-electron chi connectivity index (χ1n) is 11.9. The van der Waals surface area contributed by atoms with Crippen LogP contribution in [0.15, 0.2) is 89.7 Å². The van der Waals surface area contributed by atoms with Crippen LogP contribution in [-0.2, 0) is 29.1 Å². The summed E-state index contributed by atoms with van der Waals surface area (Å²) in [5.41, 5.74) is 4.22. The number of carboxylic acid groups (broad SMARTS) is 1. The fourth-order valence-corrected chi connectivity index (χ4v) is 5.50. The van der Waals surface area contributed by atoms with E-state index in [1.807, 2.05) is 83.4 Å². The number of ether oxygens (including phenoxy) is 1. The Morgan fingerprint density at radius 1 is 1.05 bits per heavy atom. The van der Waals surface area contributed by atoms with Gasteiger partial charge in [-0.3, -0.25) is 4.79 Å². The van der Waals surface area contributed by atoms with Gasteiger partial charge in [0.1, 0.15) is 11.8 Å². The molecule has 1 aliphatic rings. The molecule has 37 heavy (non-hydrogen) atoms. The largest absolute Gasteiger partial charge is 0.496 e. The quantitative estimate of drug-likeness (QED) is 0.349. The smallest absolute Gasteiger partial charge is 0.326 e. The molecule has 0 unspecified atom stereocenters. The summed E-state index contributed by atoms with van der Waals surface area (Å²) >= 11 is 3.52. The summed E-state index contributed by atoms with van der Waals surface area (Å²) in [4.78, 5) is 32.5. The lowest BCUT2D eigenvalue weighted by Crippen LogP contribution is -2.50. The monoisotopic (exact) mass is 559 g/mol. The second-order valence-corrected chi connectivity index (χ2v) is 9.87.